The molecule has 0 unspecified atom stereocenters. The van der Waals surface area contributed by atoms with E-state index in [2.05, 4.69) is 4.90 Å². The minimum absolute atomic E-state index is 0.171. The Bertz CT molecular complexity index is 1190. The highest BCUT2D eigenvalue weighted by Crippen LogP contribution is 2.63. The average Bonchev–Trinajstić information content (AvgIpc) is 3.35. The summed E-state index contributed by atoms with van der Waals surface area (Å²) in [6, 6.07) is 4.24. The zero-order valence-corrected chi connectivity index (χ0v) is 20.1. The lowest BCUT2D eigenvalue weighted by atomic mass is 9.64. The Morgan fingerprint density at radius 2 is 1.81 bits per heavy atom. The molecule has 5 rings (SSSR count). The predicted molar refractivity (Wildman–Crippen MR) is 118 cm³/mol. The van der Waals surface area contributed by atoms with Crippen molar-refractivity contribution in [2.45, 2.75) is 56.6 Å². The molecular formula is C25H26F3N3O5. The lowest BCUT2D eigenvalue weighted by molar-refractivity contribution is -0.163. The van der Waals surface area contributed by atoms with E-state index in [0.717, 1.165) is 30.1 Å². The fourth-order valence-electron chi connectivity index (χ4n) is 6.48. The van der Waals surface area contributed by atoms with Crippen LogP contribution >= 0.6 is 0 Å². The summed E-state index contributed by atoms with van der Waals surface area (Å²) in [6.45, 7) is 4.86. The van der Waals surface area contributed by atoms with E-state index < -0.39 is 64.0 Å². The summed E-state index contributed by atoms with van der Waals surface area (Å²) in [5, 5.41) is 9.07. The average molecular weight is 505 g/mol. The van der Waals surface area contributed by atoms with Crippen molar-refractivity contribution in [2.24, 2.45) is 17.8 Å². The molecule has 192 valence electrons. The molecule has 1 aromatic carbocycles. The van der Waals surface area contributed by atoms with Crippen LogP contribution in [0.15, 0.2) is 18.2 Å². The Kier molecular flexibility index (Phi) is 5.50. The van der Waals surface area contributed by atoms with Gasteiger partial charge in [0.2, 0.25) is 11.8 Å². The van der Waals surface area contributed by atoms with Gasteiger partial charge in [-0.25, -0.2) is 4.90 Å². The number of esters is 1. The standard InChI is InChI=1S/C25H26F3N3O5/c1-23-11-17(22(34)35-15-6-8-30(3)9-7-15)24(2,36-23)19-18(23)20(32)31(21(19)33)14-5-4-13(12-29)16(10-14)25(26,27)28/h4-5,10,15,17-19H,6-9,11H2,1-3H3/t17-,18+,19-,23+,24-/m1/s1. The number of benzene rings is 1. The Labute approximate surface area is 205 Å². The smallest absolute Gasteiger partial charge is 0.417 e. The molecule has 11 heteroatoms. The molecule has 4 saturated heterocycles. The Morgan fingerprint density at radius 1 is 1.17 bits per heavy atom. The largest absolute Gasteiger partial charge is 0.462 e. The number of carbonyl (C=O) groups is 3. The topological polar surface area (TPSA) is 99.9 Å². The number of alkyl halides is 3. The molecule has 4 fully saturated rings. The van der Waals surface area contributed by atoms with Gasteiger partial charge in [-0.2, -0.15) is 18.4 Å². The van der Waals surface area contributed by atoms with Gasteiger partial charge in [0.15, 0.2) is 0 Å². The van der Waals surface area contributed by atoms with Gasteiger partial charge in [0.1, 0.15) is 6.10 Å². The van der Waals surface area contributed by atoms with Gasteiger partial charge in [0.25, 0.3) is 0 Å². The quantitative estimate of drug-likeness (QED) is 0.460. The van der Waals surface area contributed by atoms with Gasteiger partial charge in [-0.3, -0.25) is 14.4 Å². The maximum absolute atomic E-state index is 13.6. The number of nitriles is 1. The molecule has 0 aliphatic carbocycles. The third-order valence-electron chi connectivity index (χ3n) is 8.26. The van der Waals surface area contributed by atoms with Crippen LogP contribution in [0.3, 0.4) is 0 Å². The summed E-state index contributed by atoms with van der Waals surface area (Å²) in [5.41, 5.74) is -4.57. The molecular weight excluding hydrogens is 479 g/mol. The van der Waals surface area contributed by atoms with E-state index in [1.807, 2.05) is 7.05 Å². The van der Waals surface area contributed by atoms with Crippen molar-refractivity contribution >= 4 is 23.5 Å². The molecule has 0 spiro atoms. The first-order chi connectivity index (χ1) is 16.8. The monoisotopic (exact) mass is 505 g/mol. The van der Waals surface area contributed by atoms with Crippen LogP contribution in [0.1, 0.15) is 44.2 Å². The van der Waals surface area contributed by atoms with Gasteiger partial charge >= 0.3 is 12.1 Å². The predicted octanol–water partition coefficient (Wildman–Crippen LogP) is 2.89. The normalized spacial score (nSPS) is 34.7. The molecule has 2 amide bonds. The van der Waals surface area contributed by atoms with Crippen LogP contribution in [0, 0.1) is 29.1 Å². The van der Waals surface area contributed by atoms with E-state index in [9.17, 15) is 27.6 Å². The van der Waals surface area contributed by atoms with E-state index in [0.29, 0.717) is 18.9 Å². The highest BCUT2D eigenvalue weighted by atomic mass is 19.4. The number of amides is 2. The van der Waals surface area contributed by atoms with Gasteiger partial charge in [-0.15, -0.1) is 0 Å². The maximum atomic E-state index is 13.6. The van der Waals surface area contributed by atoms with Crippen molar-refractivity contribution in [1.29, 1.82) is 5.26 Å². The number of hydrogen-bond acceptors (Lipinski definition) is 7. The molecule has 4 aliphatic heterocycles. The number of fused-ring (bicyclic) bond motifs is 5. The molecule has 0 radical (unpaired) electrons. The molecule has 0 aromatic heterocycles. The lowest BCUT2D eigenvalue weighted by Gasteiger charge is -2.35. The number of anilines is 1. The first kappa shape index (κ1) is 24.7. The van der Waals surface area contributed by atoms with E-state index in [4.69, 9.17) is 14.7 Å². The zero-order valence-electron chi connectivity index (χ0n) is 20.1. The zero-order chi connectivity index (χ0) is 26.2. The number of carbonyl (C=O) groups excluding carboxylic acids is 3. The van der Waals surface area contributed by atoms with Gasteiger partial charge in [-0.1, -0.05) is 0 Å². The highest BCUT2D eigenvalue weighted by Gasteiger charge is 2.77. The number of likely N-dealkylation sites (tertiary alicyclic amines) is 1. The van der Waals surface area contributed by atoms with Crippen molar-refractivity contribution in [1.82, 2.24) is 4.90 Å². The van der Waals surface area contributed by atoms with Crippen LogP contribution in [-0.4, -0.2) is 60.1 Å². The van der Waals surface area contributed by atoms with Crippen LogP contribution in [0.5, 0.6) is 0 Å². The van der Waals surface area contributed by atoms with Crippen molar-refractivity contribution in [3.05, 3.63) is 29.3 Å². The molecule has 0 saturated carbocycles. The Hall–Kier alpha value is -2.97. The maximum Gasteiger partial charge on any atom is 0.417 e. The van der Waals surface area contributed by atoms with E-state index in [-0.39, 0.29) is 18.2 Å². The summed E-state index contributed by atoms with van der Waals surface area (Å²) < 4.78 is 52.5. The van der Waals surface area contributed by atoms with Crippen LogP contribution < -0.4 is 4.90 Å². The summed E-state index contributed by atoms with van der Waals surface area (Å²) in [4.78, 5) is 43.1. The molecule has 5 atom stereocenters. The van der Waals surface area contributed by atoms with Crippen LogP contribution in [0.2, 0.25) is 0 Å². The summed E-state index contributed by atoms with van der Waals surface area (Å²) in [6.07, 6.45) is -3.52. The van der Waals surface area contributed by atoms with Crippen LogP contribution in [-0.2, 0) is 30.0 Å². The Balaban J connectivity index is 1.44. The number of imide groups is 1. The molecule has 4 aliphatic rings. The third-order valence-corrected chi connectivity index (χ3v) is 8.26. The molecule has 8 nitrogen and oxygen atoms in total. The van der Waals surface area contributed by atoms with E-state index >= 15 is 0 Å². The van der Waals surface area contributed by atoms with Crippen molar-refractivity contribution < 1.29 is 37.0 Å². The van der Waals surface area contributed by atoms with Gasteiger partial charge in [0.05, 0.1) is 51.8 Å². The first-order valence-corrected chi connectivity index (χ1v) is 11.9. The molecule has 36 heavy (non-hydrogen) atoms. The number of piperidine rings is 1. The lowest BCUT2D eigenvalue weighted by Crippen LogP contribution is -2.50. The highest BCUT2D eigenvalue weighted by molar-refractivity contribution is 6.23. The van der Waals surface area contributed by atoms with Crippen molar-refractivity contribution in [3.8, 4) is 6.07 Å². The first-order valence-electron chi connectivity index (χ1n) is 11.9. The number of halogens is 3. The SMILES string of the molecule is CN1CCC(OC(=O)[C@H]2C[C@]3(C)O[C@@]2(C)[C@H]2C(=O)N(c4ccc(C#N)c(C(F)(F)F)c4)C(=O)[C@H]23)CC1. The van der Waals surface area contributed by atoms with E-state index in [1.54, 1.807) is 13.8 Å². The van der Waals surface area contributed by atoms with E-state index in [1.165, 1.54) is 6.07 Å². The fourth-order valence-corrected chi connectivity index (χ4v) is 6.48. The van der Waals surface area contributed by atoms with Gasteiger partial charge < -0.3 is 14.4 Å². The minimum atomic E-state index is -4.84. The minimum Gasteiger partial charge on any atom is -0.462 e. The molecule has 2 bridgehead atoms. The second-order valence-electron chi connectivity index (χ2n) is 10.6. The second kappa shape index (κ2) is 8.02. The second-order valence-corrected chi connectivity index (χ2v) is 10.6. The van der Waals surface area contributed by atoms with Crippen LogP contribution in [0.25, 0.3) is 0 Å². The molecule has 0 N–H and O–H groups in total. The van der Waals surface area contributed by atoms with Crippen LogP contribution in [0.4, 0.5) is 18.9 Å². The van der Waals surface area contributed by atoms with Crippen molar-refractivity contribution in [2.75, 3.05) is 25.0 Å². The number of ether oxygens (including phenoxy) is 2. The molecule has 1 aromatic rings. The number of hydrogen-bond donors (Lipinski definition) is 0. The Morgan fingerprint density at radius 3 is 2.42 bits per heavy atom. The summed E-state index contributed by atoms with van der Waals surface area (Å²) in [5.74, 6) is -4.63. The summed E-state index contributed by atoms with van der Waals surface area (Å²) >= 11 is 0. The summed E-state index contributed by atoms with van der Waals surface area (Å²) in [7, 11) is 1.99. The third kappa shape index (κ3) is 3.53. The number of rotatable bonds is 3. The number of nitrogens with zero attached hydrogens (tertiary/aromatic N) is 3. The van der Waals surface area contributed by atoms with Gasteiger partial charge in [-0.05, 0) is 58.4 Å². The van der Waals surface area contributed by atoms with Gasteiger partial charge in [0, 0.05) is 13.1 Å². The van der Waals surface area contributed by atoms with Crippen molar-refractivity contribution in [3.63, 3.8) is 0 Å². The molecule has 4 heterocycles. The fraction of sp³-hybridized carbons (Fsp3) is 0.600.